The van der Waals surface area contributed by atoms with Gasteiger partial charge in [0.15, 0.2) is 0 Å². The van der Waals surface area contributed by atoms with Gasteiger partial charge in [-0.15, -0.1) is 0 Å². The third kappa shape index (κ3) is 2.75. The van der Waals surface area contributed by atoms with Gasteiger partial charge in [0.25, 0.3) is 5.91 Å². The molecule has 2 N–H and O–H groups in total. The van der Waals surface area contributed by atoms with E-state index in [1.165, 1.54) is 0 Å². The quantitative estimate of drug-likeness (QED) is 0.898. The molecular formula is C14H18BrNO2. The Morgan fingerprint density at radius 1 is 1.56 bits per heavy atom. The van der Waals surface area contributed by atoms with Gasteiger partial charge >= 0.3 is 0 Å². The van der Waals surface area contributed by atoms with Crippen LogP contribution in [0.3, 0.4) is 0 Å². The fourth-order valence-electron chi connectivity index (χ4n) is 2.06. The maximum Gasteiger partial charge on any atom is 0.251 e. The van der Waals surface area contributed by atoms with Crippen LogP contribution in [0.15, 0.2) is 22.7 Å². The van der Waals surface area contributed by atoms with E-state index in [-0.39, 0.29) is 12.5 Å². The van der Waals surface area contributed by atoms with Gasteiger partial charge in [0.2, 0.25) is 0 Å². The molecule has 0 radical (unpaired) electrons. The maximum atomic E-state index is 12.2. The lowest BCUT2D eigenvalue weighted by molar-refractivity contribution is 0.0824. The summed E-state index contributed by atoms with van der Waals surface area (Å²) in [6, 6.07) is 5.53. The molecule has 0 bridgehead atoms. The zero-order valence-electron chi connectivity index (χ0n) is 10.7. The highest BCUT2D eigenvalue weighted by atomic mass is 79.9. The van der Waals surface area contributed by atoms with Crippen LogP contribution in [-0.4, -0.2) is 23.2 Å². The van der Waals surface area contributed by atoms with Crippen molar-refractivity contribution >= 4 is 21.8 Å². The number of hydrogen-bond acceptors (Lipinski definition) is 2. The molecule has 1 aliphatic rings. The first-order valence-electron chi connectivity index (χ1n) is 6.16. The fraction of sp³-hybridized carbons (Fsp3) is 0.500. The number of carbonyl (C=O) groups excluding carboxylic acids is 1. The van der Waals surface area contributed by atoms with Gasteiger partial charge in [-0.2, -0.15) is 0 Å². The topological polar surface area (TPSA) is 49.3 Å². The number of carbonyl (C=O) groups is 1. The van der Waals surface area contributed by atoms with Crippen LogP contribution in [0.5, 0.6) is 0 Å². The molecular weight excluding hydrogens is 294 g/mol. The predicted molar refractivity (Wildman–Crippen MR) is 74.6 cm³/mol. The van der Waals surface area contributed by atoms with E-state index in [1.807, 2.05) is 26.0 Å². The van der Waals surface area contributed by atoms with Crippen LogP contribution in [0, 0.1) is 12.8 Å². The molecule has 0 aromatic heterocycles. The Hall–Kier alpha value is -0.870. The number of hydrogen-bond donors (Lipinski definition) is 2. The lowest BCUT2D eigenvalue weighted by Gasteiger charge is -2.28. The van der Waals surface area contributed by atoms with Crippen LogP contribution in [0.25, 0.3) is 0 Å². The Morgan fingerprint density at radius 2 is 2.22 bits per heavy atom. The minimum atomic E-state index is -0.492. The molecule has 1 atom stereocenters. The summed E-state index contributed by atoms with van der Waals surface area (Å²) >= 11 is 3.42. The Labute approximate surface area is 116 Å². The molecule has 0 saturated heterocycles. The third-order valence-corrected chi connectivity index (χ3v) is 4.49. The van der Waals surface area contributed by atoms with Gasteiger partial charge in [0.05, 0.1) is 12.1 Å². The van der Waals surface area contributed by atoms with Crippen molar-refractivity contribution in [1.82, 2.24) is 5.32 Å². The average molecular weight is 312 g/mol. The Kier molecular flexibility index (Phi) is 3.78. The van der Waals surface area contributed by atoms with Gasteiger partial charge < -0.3 is 10.4 Å². The van der Waals surface area contributed by atoms with Crippen molar-refractivity contribution < 1.29 is 9.90 Å². The summed E-state index contributed by atoms with van der Waals surface area (Å²) in [5, 5.41) is 12.4. The monoisotopic (exact) mass is 311 g/mol. The van der Waals surface area contributed by atoms with Gasteiger partial charge in [-0.25, -0.2) is 0 Å². The second-order valence-corrected chi connectivity index (χ2v) is 6.12. The minimum Gasteiger partial charge on any atom is -0.394 e. The molecule has 1 amide bonds. The van der Waals surface area contributed by atoms with Crippen LogP contribution >= 0.6 is 15.9 Å². The first-order chi connectivity index (χ1) is 8.46. The molecule has 98 valence electrons. The van der Waals surface area contributed by atoms with Crippen molar-refractivity contribution in [2.45, 2.75) is 32.2 Å². The summed E-state index contributed by atoms with van der Waals surface area (Å²) in [7, 11) is 0. The second-order valence-electron chi connectivity index (χ2n) is 5.27. The van der Waals surface area contributed by atoms with E-state index in [2.05, 4.69) is 21.2 Å². The highest BCUT2D eigenvalue weighted by Crippen LogP contribution is 2.39. The van der Waals surface area contributed by atoms with E-state index in [4.69, 9.17) is 0 Å². The molecule has 1 unspecified atom stereocenters. The molecule has 0 heterocycles. The SMILES string of the molecule is Cc1ccc(C(=O)NC(C)(CO)C2CC2)cc1Br. The molecule has 4 heteroatoms. The molecule has 1 aromatic carbocycles. The average Bonchev–Trinajstić information content (AvgIpc) is 3.16. The second kappa shape index (κ2) is 5.02. The molecule has 0 spiro atoms. The van der Waals surface area contributed by atoms with E-state index in [9.17, 15) is 9.90 Å². The van der Waals surface area contributed by atoms with Crippen molar-refractivity contribution in [3.63, 3.8) is 0 Å². The zero-order valence-corrected chi connectivity index (χ0v) is 12.3. The summed E-state index contributed by atoms with van der Waals surface area (Å²) < 4.78 is 0.923. The summed E-state index contributed by atoms with van der Waals surface area (Å²) in [5.41, 5.74) is 1.22. The van der Waals surface area contributed by atoms with Gasteiger partial charge in [-0.3, -0.25) is 4.79 Å². The number of aryl methyl sites for hydroxylation is 1. The summed E-state index contributed by atoms with van der Waals surface area (Å²) in [5.74, 6) is 0.277. The van der Waals surface area contributed by atoms with Crippen molar-refractivity contribution in [1.29, 1.82) is 0 Å². The van der Waals surface area contributed by atoms with Crippen molar-refractivity contribution in [2.24, 2.45) is 5.92 Å². The number of rotatable bonds is 4. The fourth-order valence-corrected chi connectivity index (χ4v) is 2.44. The lowest BCUT2D eigenvalue weighted by Crippen LogP contribution is -2.50. The standard InChI is InChI=1S/C14H18BrNO2/c1-9-3-4-10(7-12(9)15)13(18)16-14(2,8-17)11-5-6-11/h3-4,7,11,17H,5-6,8H2,1-2H3,(H,16,18). The van der Waals surface area contributed by atoms with Crippen LogP contribution in [0.2, 0.25) is 0 Å². The first-order valence-corrected chi connectivity index (χ1v) is 6.95. The Morgan fingerprint density at radius 3 is 2.72 bits per heavy atom. The molecule has 2 rings (SSSR count). The Bertz CT molecular complexity index is 471. The molecule has 18 heavy (non-hydrogen) atoms. The molecule has 0 aliphatic heterocycles. The normalized spacial score (nSPS) is 18.2. The van der Waals surface area contributed by atoms with Crippen LogP contribution in [0.4, 0.5) is 0 Å². The van der Waals surface area contributed by atoms with Crippen molar-refractivity contribution in [3.8, 4) is 0 Å². The van der Waals surface area contributed by atoms with Gasteiger partial charge in [-0.05, 0) is 50.3 Å². The van der Waals surface area contributed by atoms with Crippen molar-refractivity contribution in [2.75, 3.05) is 6.61 Å². The minimum absolute atomic E-state index is 0.0174. The van der Waals surface area contributed by atoms with Crippen molar-refractivity contribution in [3.05, 3.63) is 33.8 Å². The number of nitrogens with one attached hydrogen (secondary N) is 1. The van der Waals surface area contributed by atoms with E-state index in [1.54, 1.807) is 6.07 Å². The van der Waals surface area contributed by atoms with Gasteiger partial charge in [0, 0.05) is 10.0 Å². The van der Waals surface area contributed by atoms with Crippen LogP contribution in [-0.2, 0) is 0 Å². The highest BCUT2D eigenvalue weighted by Gasteiger charge is 2.42. The first kappa shape index (κ1) is 13.6. The van der Waals surface area contributed by atoms with Crippen LogP contribution < -0.4 is 5.32 Å². The van der Waals surface area contributed by atoms with E-state index in [0.717, 1.165) is 22.9 Å². The van der Waals surface area contributed by atoms with E-state index < -0.39 is 5.54 Å². The third-order valence-electron chi connectivity index (χ3n) is 3.64. The summed E-state index contributed by atoms with van der Waals surface area (Å²) in [6.07, 6.45) is 2.16. The number of amides is 1. The predicted octanol–water partition coefficient (Wildman–Crippen LogP) is 2.65. The number of benzene rings is 1. The van der Waals surface area contributed by atoms with E-state index in [0.29, 0.717) is 11.5 Å². The largest absolute Gasteiger partial charge is 0.394 e. The zero-order chi connectivity index (χ0) is 13.3. The molecule has 1 aromatic rings. The molecule has 1 aliphatic carbocycles. The molecule has 1 saturated carbocycles. The molecule has 1 fully saturated rings. The Balaban J connectivity index is 2.13. The summed E-state index contributed by atoms with van der Waals surface area (Å²) in [4.78, 5) is 12.2. The van der Waals surface area contributed by atoms with E-state index >= 15 is 0 Å². The molecule has 3 nitrogen and oxygen atoms in total. The summed E-state index contributed by atoms with van der Waals surface area (Å²) in [6.45, 7) is 3.87. The number of aliphatic hydroxyl groups excluding tert-OH is 1. The highest BCUT2D eigenvalue weighted by molar-refractivity contribution is 9.10. The number of aliphatic hydroxyl groups is 1. The maximum absolute atomic E-state index is 12.2. The lowest BCUT2D eigenvalue weighted by atomic mass is 9.96. The number of halogens is 1. The van der Waals surface area contributed by atoms with Crippen LogP contribution in [0.1, 0.15) is 35.7 Å². The van der Waals surface area contributed by atoms with Gasteiger partial charge in [0.1, 0.15) is 0 Å². The smallest absolute Gasteiger partial charge is 0.251 e. The van der Waals surface area contributed by atoms with Gasteiger partial charge in [-0.1, -0.05) is 22.0 Å².